The van der Waals surface area contributed by atoms with Gasteiger partial charge in [-0.25, -0.2) is 9.78 Å². The minimum Gasteiger partial charge on any atom is -0.508 e. The summed E-state index contributed by atoms with van der Waals surface area (Å²) in [6, 6.07) is 1.11. The number of H-pyrrole nitrogens is 1. The third-order valence-corrected chi connectivity index (χ3v) is 5.78. The van der Waals surface area contributed by atoms with Crippen molar-refractivity contribution in [3.8, 4) is 5.75 Å². The van der Waals surface area contributed by atoms with E-state index >= 15 is 0 Å². The third-order valence-electron chi connectivity index (χ3n) is 5.42. The number of carboxylic acid groups (broad SMARTS) is 2. The predicted molar refractivity (Wildman–Crippen MR) is 136 cm³/mol. The molecule has 2 rings (SSSR count). The summed E-state index contributed by atoms with van der Waals surface area (Å²) in [4.78, 5) is 67.4. The zero-order valence-electron chi connectivity index (χ0n) is 20.2. The first-order valence-electron chi connectivity index (χ1n) is 11.5. The summed E-state index contributed by atoms with van der Waals surface area (Å²) in [7, 11) is 0. The number of imidazole rings is 1. The quantitative estimate of drug-likeness (QED) is 0.117. The average molecular weight is 551 g/mol. The first-order chi connectivity index (χ1) is 18.0. The van der Waals surface area contributed by atoms with Crippen molar-refractivity contribution < 1.29 is 39.3 Å². The molecule has 0 aliphatic rings. The van der Waals surface area contributed by atoms with Crippen molar-refractivity contribution in [1.29, 1.82) is 0 Å². The highest BCUT2D eigenvalue weighted by molar-refractivity contribution is 7.80. The Bertz CT molecular complexity index is 1110. The van der Waals surface area contributed by atoms with Gasteiger partial charge in [0.15, 0.2) is 0 Å². The number of nitrogens with two attached hydrogens (primary N) is 1. The van der Waals surface area contributed by atoms with Crippen LogP contribution >= 0.6 is 12.6 Å². The van der Waals surface area contributed by atoms with E-state index < -0.39 is 60.2 Å². The summed E-state index contributed by atoms with van der Waals surface area (Å²) in [5, 5.41) is 34.7. The van der Waals surface area contributed by atoms with Crippen LogP contribution in [0, 0.1) is 0 Å². The van der Waals surface area contributed by atoms with Crippen LogP contribution in [0.4, 0.5) is 0 Å². The molecule has 3 amide bonds. The number of aromatic amines is 1. The standard InChI is InChI=1S/C23H30N6O8S/c24-15(7-12-1-3-14(30)4-2-12)20(33)28-17(8-13-9-25-11-26-13)21(34)29-18(10-38)22(35)27-16(23(36)37)5-6-19(31)32/h1-4,9,11,15-18,30,38H,5-8,10,24H2,(H,25,26)(H,27,35)(H,28,33)(H,29,34)(H,31,32)(H,36,37). The predicted octanol–water partition coefficient (Wildman–Crippen LogP) is -1.44. The van der Waals surface area contributed by atoms with Crippen molar-refractivity contribution in [1.82, 2.24) is 25.9 Å². The molecule has 0 bridgehead atoms. The minimum atomic E-state index is -1.49. The monoisotopic (exact) mass is 550 g/mol. The van der Waals surface area contributed by atoms with Crippen molar-refractivity contribution >= 4 is 42.3 Å². The smallest absolute Gasteiger partial charge is 0.326 e. The number of nitrogens with zero attached hydrogens (tertiary/aromatic N) is 1. The number of aromatic nitrogens is 2. The number of amides is 3. The molecule has 9 N–H and O–H groups in total. The van der Waals surface area contributed by atoms with Gasteiger partial charge in [-0.1, -0.05) is 12.1 Å². The first kappa shape index (κ1) is 30.1. The van der Waals surface area contributed by atoms with Crippen molar-refractivity contribution in [2.75, 3.05) is 5.75 Å². The summed E-state index contributed by atoms with van der Waals surface area (Å²) >= 11 is 4.05. The van der Waals surface area contributed by atoms with Crippen LogP contribution in [0.25, 0.3) is 0 Å². The van der Waals surface area contributed by atoms with Crippen LogP contribution in [-0.2, 0) is 36.8 Å². The highest BCUT2D eigenvalue weighted by atomic mass is 32.1. The Kier molecular flexibility index (Phi) is 11.6. The number of aromatic hydroxyl groups is 1. The lowest BCUT2D eigenvalue weighted by atomic mass is 10.0. The van der Waals surface area contributed by atoms with Crippen molar-refractivity contribution in [3.05, 3.63) is 48.0 Å². The Morgan fingerprint density at radius 2 is 1.53 bits per heavy atom. The molecule has 14 nitrogen and oxygen atoms in total. The molecule has 0 radical (unpaired) electrons. The Morgan fingerprint density at radius 1 is 0.921 bits per heavy atom. The van der Waals surface area contributed by atoms with Gasteiger partial charge in [-0.15, -0.1) is 0 Å². The molecule has 0 saturated heterocycles. The van der Waals surface area contributed by atoms with Gasteiger partial charge in [0.25, 0.3) is 0 Å². The molecule has 15 heteroatoms. The number of hydrogen-bond donors (Lipinski definition) is 9. The first-order valence-corrected chi connectivity index (χ1v) is 12.1. The fraction of sp³-hybridized carbons (Fsp3) is 0.391. The van der Waals surface area contributed by atoms with Gasteiger partial charge in [-0.3, -0.25) is 19.2 Å². The summed E-state index contributed by atoms with van der Waals surface area (Å²) in [6.07, 6.45) is 2.08. The number of carbonyl (C=O) groups excluding carboxylic acids is 3. The van der Waals surface area contributed by atoms with E-state index in [0.29, 0.717) is 11.3 Å². The molecule has 0 spiro atoms. The van der Waals surface area contributed by atoms with Gasteiger partial charge in [0.05, 0.1) is 12.4 Å². The fourth-order valence-corrected chi connectivity index (χ4v) is 3.60. The zero-order chi connectivity index (χ0) is 28.2. The van der Waals surface area contributed by atoms with Crippen LogP contribution in [0.5, 0.6) is 5.75 Å². The molecular weight excluding hydrogens is 520 g/mol. The molecule has 0 aliphatic heterocycles. The number of phenolic OH excluding ortho intramolecular Hbond substituents is 1. The highest BCUT2D eigenvalue weighted by Crippen LogP contribution is 2.11. The molecular formula is C23H30N6O8S. The van der Waals surface area contributed by atoms with Crippen LogP contribution < -0.4 is 21.7 Å². The van der Waals surface area contributed by atoms with Crippen LogP contribution in [0.15, 0.2) is 36.8 Å². The Hall–Kier alpha value is -4.11. The van der Waals surface area contributed by atoms with Crippen molar-refractivity contribution in [2.45, 2.75) is 49.9 Å². The van der Waals surface area contributed by atoms with Gasteiger partial charge >= 0.3 is 11.9 Å². The van der Waals surface area contributed by atoms with Gasteiger partial charge < -0.3 is 42.0 Å². The second-order valence-electron chi connectivity index (χ2n) is 8.39. The second kappa shape index (κ2) is 14.6. The lowest BCUT2D eigenvalue weighted by molar-refractivity contribution is -0.143. The number of aliphatic carboxylic acids is 2. The zero-order valence-corrected chi connectivity index (χ0v) is 21.1. The lowest BCUT2D eigenvalue weighted by Crippen LogP contribution is -2.58. The molecule has 0 fully saturated rings. The molecule has 4 atom stereocenters. The number of benzene rings is 1. The van der Waals surface area contributed by atoms with E-state index in [1.807, 2.05) is 0 Å². The van der Waals surface area contributed by atoms with Crippen LogP contribution in [0.1, 0.15) is 24.1 Å². The summed E-state index contributed by atoms with van der Waals surface area (Å²) in [6.45, 7) is 0. The molecule has 1 aromatic carbocycles. The van der Waals surface area contributed by atoms with E-state index in [-0.39, 0.29) is 30.8 Å². The molecule has 0 saturated carbocycles. The summed E-state index contributed by atoms with van der Waals surface area (Å²) in [5.74, 6) is -5.13. The largest absolute Gasteiger partial charge is 0.508 e. The topological polar surface area (TPSA) is 237 Å². The molecule has 1 aromatic heterocycles. The molecule has 4 unspecified atom stereocenters. The minimum absolute atomic E-state index is 0.0270. The van der Waals surface area contributed by atoms with Gasteiger partial charge in [-0.05, 0) is 30.5 Å². The van der Waals surface area contributed by atoms with E-state index in [9.17, 15) is 34.2 Å². The van der Waals surface area contributed by atoms with Gasteiger partial charge in [0.1, 0.15) is 23.9 Å². The maximum Gasteiger partial charge on any atom is 0.326 e. The second-order valence-corrected chi connectivity index (χ2v) is 8.76. The molecule has 206 valence electrons. The molecule has 2 aromatic rings. The van der Waals surface area contributed by atoms with E-state index in [1.165, 1.54) is 24.7 Å². The van der Waals surface area contributed by atoms with Crippen LogP contribution in [0.2, 0.25) is 0 Å². The van der Waals surface area contributed by atoms with Crippen LogP contribution in [-0.4, -0.2) is 84.9 Å². The van der Waals surface area contributed by atoms with Gasteiger partial charge in [0.2, 0.25) is 17.7 Å². The van der Waals surface area contributed by atoms with E-state index in [4.69, 9.17) is 10.8 Å². The van der Waals surface area contributed by atoms with E-state index in [0.717, 1.165) is 0 Å². The SMILES string of the molecule is NC(Cc1ccc(O)cc1)C(=O)NC(Cc1cnc[nH]1)C(=O)NC(CS)C(=O)NC(CCC(=O)O)C(=O)O. The molecule has 1 heterocycles. The van der Waals surface area contributed by atoms with Crippen molar-refractivity contribution in [3.63, 3.8) is 0 Å². The number of nitrogens with one attached hydrogen (secondary N) is 4. The number of rotatable bonds is 15. The van der Waals surface area contributed by atoms with E-state index in [2.05, 4.69) is 38.5 Å². The normalized spacial score (nSPS) is 13.9. The number of carbonyl (C=O) groups is 5. The maximum atomic E-state index is 13.1. The van der Waals surface area contributed by atoms with Crippen molar-refractivity contribution in [2.24, 2.45) is 5.73 Å². The van der Waals surface area contributed by atoms with Gasteiger partial charge in [-0.2, -0.15) is 12.6 Å². The third kappa shape index (κ3) is 9.74. The van der Waals surface area contributed by atoms with E-state index in [1.54, 1.807) is 12.1 Å². The summed E-state index contributed by atoms with van der Waals surface area (Å²) in [5.41, 5.74) is 7.20. The summed E-state index contributed by atoms with van der Waals surface area (Å²) < 4.78 is 0. The fourth-order valence-electron chi connectivity index (χ4n) is 3.35. The number of thiol groups is 1. The number of carboxylic acids is 2. The number of hydrogen-bond acceptors (Lipinski definition) is 9. The Balaban J connectivity index is 2.09. The maximum absolute atomic E-state index is 13.1. The van der Waals surface area contributed by atoms with Gasteiger partial charge in [0, 0.05) is 30.5 Å². The van der Waals surface area contributed by atoms with Crippen LogP contribution in [0.3, 0.4) is 0 Å². The highest BCUT2D eigenvalue weighted by Gasteiger charge is 2.30. The Morgan fingerprint density at radius 3 is 2.08 bits per heavy atom. The molecule has 0 aliphatic carbocycles. The number of phenols is 1. The average Bonchev–Trinajstić information content (AvgIpc) is 3.38. The molecule has 38 heavy (non-hydrogen) atoms. The lowest BCUT2D eigenvalue weighted by Gasteiger charge is -2.24. The Labute approximate surface area is 222 Å².